The molecule has 2 aliphatic rings. The first-order valence-electron chi connectivity index (χ1n) is 11.8. The van der Waals surface area contributed by atoms with Gasteiger partial charge in [0.05, 0.1) is 40.4 Å². The van der Waals surface area contributed by atoms with Crippen LogP contribution in [0.2, 0.25) is 10.0 Å². The molecule has 1 aromatic heterocycles. The Kier molecular flexibility index (Phi) is 6.48. The minimum Gasteiger partial charge on any atom is -0.331 e. The Bertz CT molecular complexity index is 1390. The van der Waals surface area contributed by atoms with E-state index in [2.05, 4.69) is 5.10 Å². The van der Waals surface area contributed by atoms with Gasteiger partial charge in [0.25, 0.3) is 11.8 Å². The topological polar surface area (TPSA) is 58.4 Å². The van der Waals surface area contributed by atoms with E-state index < -0.39 is 17.8 Å². The van der Waals surface area contributed by atoms with Crippen LogP contribution >= 0.6 is 23.2 Å². The molecule has 3 aromatic rings. The van der Waals surface area contributed by atoms with Crippen LogP contribution < -0.4 is 0 Å². The summed E-state index contributed by atoms with van der Waals surface area (Å²) in [6.45, 7) is 4.75. The predicted octanol–water partition coefficient (Wildman–Crippen LogP) is 6.01. The Hall–Kier alpha value is -3.04. The Morgan fingerprint density at radius 3 is 2.43 bits per heavy atom. The lowest BCUT2D eigenvalue weighted by Crippen LogP contribution is -2.44. The van der Waals surface area contributed by atoms with Crippen molar-refractivity contribution in [2.45, 2.75) is 51.6 Å². The lowest BCUT2D eigenvalue weighted by molar-refractivity contribution is -0.137. The van der Waals surface area contributed by atoms with Crippen molar-refractivity contribution in [2.24, 2.45) is 0 Å². The third-order valence-corrected chi connectivity index (χ3v) is 7.85. The van der Waals surface area contributed by atoms with Gasteiger partial charge in [-0.05, 0) is 49.7 Å². The molecular weight excluding hydrogens is 528 g/mol. The molecule has 0 N–H and O–H groups in total. The van der Waals surface area contributed by atoms with Crippen molar-refractivity contribution in [3.8, 4) is 0 Å². The molecule has 0 radical (unpaired) electrons. The van der Waals surface area contributed by atoms with Crippen molar-refractivity contribution in [3.05, 3.63) is 86.2 Å². The maximum absolute atomic E-state index is 13.7. The highest BCUT2D eigenvalue weighted by atomic mass is 35.5. The molecule has 0 bridgehead atoms. The van der Waals surface area contributed by atoms with Gasteiger partial charge in [-0.15, -0.1) is 0 Å². The normalized spacial score (nSPS) is 18.5. The quantitative estimate of drug-likeness (QED) is 0.401. The van der Waals surface area contributed by atoms with Crippen molar-refractivity contribution in [1.82, 2.24) is 19.6 Å². The summed E-state index contributed by atoms with van der Waals surface area (Å²) < 4.78 is 40.6. The van der Waals surface area contributed by atoms with Gasteiger partial charge in [0.15, 0.2) is 0 Å². The van der Waals surface area contributed by atoms with Gasteiger partial charge in [-0.25, -0.2) is 0 Å². The van der Waals surface area contributed by atoms with Crippen LogP contribution in [0.5, 0.6) is 0 Å². The van der Waals surface area contributed by atoms with E-state index in [1.54, 1.807) is 33.5 Å². The second kappa shape index (κ2) is 9.36. The van der Waals surface area contributed by atoms with Crippen LogP contribution in [-0.4, -0.2) is 44.0 Å². The number of aromatic nitrogens is 2. The summed E-state index contributed by atoms with van der Waals surface area (Å²) in [4.78, 5) is 30.3. The van der Waals surface area contributed by atoms with Crippen LogP contribution in [0.25, 0.3) is 0 Å². The van der Waals surface area contributed by atoms with Crippen LogP contribution in [-0.2, 0) is 25.7 Å². The first-order chi connectivity index (χ1) is 17.5. The molecule has 0 spiro atoms. The van der Waals surface area contributed by atoms with Crippen molar-refractivity contribution in [2.75, 3.05) is 6.54 Å². The molecule has 5 rings (SSSR count). The van der Waals surface area contributed by atoms with E-state index in [0.717, 1.165) is 17.8 Å². The minimum absolute atomic E-state index is 0.149. The molecular formula is C26H23Cl2F3N4O2. The zero-order chi connectivity index (χ0) is 26.6. The molecule has 0 saturated carbocycles. The molecule has 0 fully saturated rings. The molecule has 0 unspecified atom stereocenters. The largest absolute Gasteiger partial charge is 0.416 e. The molecule has 2 amide bonds. The fourth-order valence-corrected chi connectivity index (χ4v) is 5.30. The molecule has 194 valence electrons. The summed E-state index contributed by atoms with van der Waals surface area (Å²) >= 11 is 12.1. The summed E-state index contributed by atoms with van der Waals surface area (Å²) in [5.74, 6) is -0.487. The number of hydrogen-bond acceptors (Lipinski definition) is 3. The summed E-state index contributed by atoms with van der Waals surface area (Å²) in [7, 11) is 0. The monoisotopic (exact) mass is 550 g/mol. The van der Waals surface area contributed by atoms with E-state index >= 15 is 0 Å². The van der Waals surface area contributed by atoms with E-state index in [0.29, 0.717) is 46.9 Å². The van der Waals surface area contributed by atoms with Gasteiger partial charge in [-0.1, -0.05) is 35.3 Å². The van der Waals surface area contributed by atoms with E-state index in [1.807, 2.05) is 6.92 Å². The zero-order valence-electron chi connectivity index (χ0n) is 20.0. The highest BCUT2D eigenvalue weighted by Gasteiger charge is 2.39. The molecule has 2 atom stereocenters. The van der Waals surface area contributed by atoms with Crippen LogP contribution in [0.4, 0.5) is 13.2 Å². The number of alkyl halides is 3. The Labute approximate surface area is 221 Å². The lowest BCUT2D eigenvalue weighted by Gasteiger charge is -2.35. The van der Waals surface area contributed by atoms with Crippen LogP contribution in [0.15, 0.2) is 42.5 Å². The summed E-state index contributed by atoms with van der Waals surface area (Å²) in [6, 6.07) is 8.99. The van der Waals surface area contributed by atoms with Crippen molar-refractivity contribution < 1.29 is 22.8 Å². The number of carbonyl (C=O) groups is 2. The molecule has 37 heavy (non-hydrogen) atoms. The highest BCUT2D eigenvalue weighted by Crippen LogP contribution is 2.34. The minimum atomic E-state index is -4.42. The van der Waals surface area contributed by atoms with E-state index in [-0.39, 0.29) is 29.4 Å². The fourth-order valence-electron chi connectivity index (χ4n) is 5.00. The Morgan fingerprint density at radius 1 is 1.08 bits per heavy atom. The van der Waals surface area contributed by atoms with Crippen LogP contribution in [0, 0.1) is 0 Å². The first-order valence-corrected chi connectivity index (χ1v) is 12.5. The van der Waals surface area contributed by atoms with E-state index in [9.17, 15) is 22.8 Å². The van der Waals surface area contributed by atoms with Gasteiger partial charge in [-0.3, -0.25) is 14.3 Å². The van der Waals surface area contributed by atoms with Gasteiger partial charge in [0.1, 0.15) is 5.69 Å². The van der Waals surface area contributed by atoms with Gasteiger partial charge in [-0.2, -0.15) is 18.3 Å². The number of hydrogen-bond donors (Lipinski definition) is 0. The third-order valence-electron chi connectivity index (χ3n) is 7.11. The third kappa shape index (κ3) is 4.59. The lowest BCUT2D eigenvalue weighted by atomic mass is 9.97. The molecule has 0 saturated heterocycles. The SMILES string of the molecule is C[C@@H]1Cc2nn3c(c2CN1C(=O)c1ccc(Cl)c(Cl)c1)C(=O)N([C@H](C)c1ccc(C(F)(F)F)cc1)CC3. The zero-order valence-corrected chi connectivity index (χ0v) is 21.5. The Balaban J connectivity index is 1.41. The van der Waals surface area contributed by atoms with E-state index in [4.69, 9.17) is 23.2 Å². The second-order valence-corrected chi connectivity index (χ2v) is 10.2. The number of carbonyl (C=O) groups excluding carboxylic acids is 2. The average Bonchev–Trinajstić information content (AvgIpc) is 3.22. The number of halogens is 5. The summed E-state index contributed by atoms with van der Waals surface area (Å²) in [6.07, 6.45) is -3.93. The second-order valence-electron chi connectivity index (χ2n) is 9.41. The smallest absolute Gasteiger partial charge is 0.331 e. The molecule has 2 aromatic carbocycles. The number of nitrogens with zero attached hydrogens (tertiary/aromatic N) is 4. The molecule has 0 aliphatic carbocycles. The molecule has 6 nitrogen and oxygen atoms in total. The van der Waals surface area contributed by atoms with Gasteiger partial charge in [0, 0.05) is 30.1 Å². The van der Waals surface area contributed by atoms with Crippen LogP contribution in [0.3, 0.4) is 0 Å². The average molecular weight is 551 g/mol. The van der Waals surface area contributed by atoms with Crippen molar-refractivity contribution in [3.63, 3.8) is 0 Å². The number of fused-ring (bicyclic) bond motifs is 3. The van der Waals surface area contributed by atoms with E-state index in [1.165, 1.54) is 18.2 Å². The number of rotatable bonds is 3. The maximum atomic E-state index is 13.7. The number of benzene rings is 2. The molecule has 3 heterocycles. The molecule has 11 heteroatoms. The van der Waals surface area contributed by atoms with Crippen LogP contribution in [0.1, 0.15) is 63.1 Å². The summed E-state index contributed by atoms with van der Waals surface area (Å²) in [5, 5.41) is 5.29. The Morgan fingerprint density at radius 2 is 1.78 bits per heavy atom. The number of amides is 2. The fraction of sp³-hybridized carbons (Fsp3) is 0.346. The van der Waals surface area contributed by atoms with Gasteiger partial charge >= 0.3 is 6.18 Å². The van der Waals surface area contributed by atoms with Gasteiger partial charge < -0.3 is 9.80 Å². The summed E-state index contributed by atoms with van der Waals surface area (Å²) in [5.41, 5.74) is 2.15. The highest BCUT2D eigenvalue weighted by molar-refractivity contribution is 6.42. The first kappa shape index (κ1) is 25.6. The van der Waals surface area contributed by atoms with Gasteiger partial charge in [0.2, 0.25) is 0 Å². The predicted molar refractivity (Wildman–Crippen MR) is 133 cm³/mol. The maximum Gasteiger partial charge on any atom is 0.416 e. The molecule has 2 aliphatic heterocycles. The van der Waals surface area contributed by atoms with Crippen molar-refractivity contribution >= 4 is 35.0 Å². The standard InChI is InChI=1S/C26H23Cl2F3N4O2/c1-14-11-22-19(13-34(14)24(36)17-5-8-20(27)21(28)12-17)23-25(37)33(9-10-35(23)32-22)15(2)16-3-6-18(7-4-16)26(29,30)31/h3-8,12,14-15H,9-11,13H2,1-2H3/t14-,15-/m1/s1. The van der Waals surface area contributed by atoms with Crippen molar-refractivity contribution in [1.29, 1.82) is 0 Å².